The number of hydrogen-bond donors (Lipinski definition) is 1. The van der Waals surface area contributed by atoms with Crippen LogP contribution >= 0.6 is 0 Å². The fraction of sp³-hybridized carbons (Fsp3) is 0. The Kier molecular flexibility index (Phi) is 1.88. The van der Waals surface area contributed by atoms with Crippen molar-refractivity contribution in [2.24, 2.45) is 0 Å². The second kappa shape index (κ2) is 2.84. The van der Waals surface area contributed by atoms with E-state index in [9.17, 15) is 14.9 Å². The molecule has 0 unspecified atom stereocenters. The van der Waals surface area contributed by atoms with Gasteiger partial charge in [0.25, 0.3) is 0 Å². The molecule has 1 aromatic heterocycles. The molecule has 1 heterocycles. The van der Waals surface area contributed by atoms with E-state index in [1.165, 1.54) is 0 Å². The van der Waals surface area contributed by atoms with Crippen LogP contribution in [0.25, 0.3) is 0 Å². The number of nitrogens with zero attached hydrogens (tertiary/aromatic N) is 2. The van der Waals surface area contributed by atoms with E-state index in [2.05, 4.69) is 4.98 Å². The van der Waals surface area contributed by atoms with Crippen LogP contribution in [0.3, 0.4) is 0 Å². The number of nitro groups is 1. The van der Waals surface area contributed by atoms with Crippen LogP contribution in [0.2, 0.25) is 0 Å². The summed E-state index contributed by atoms with van der Waals surface area (Å²) < 4.78 is 0. The molecule has 0 spiro atoms. The first kappa shape index (κ1) is 7.94. The minimum Gasteiger partial charge on any atom is -0.358 e. The summed E-state index contributed by atoms with van der Waals surface area (Å²) in [7, 11) is 0. The minimum atomic E-state index is -0.734. The van der Waals surface area contributed by atoms with E-state index < -0.39 is 16.2 Å². The zero-order chi connectivity index (χ0) is 9.14. The third-order valence-corrected chi connectivity index (χ3v) is 1.21. The molecule has 6 heteroatoms. The summed E-state index contributed by atoms with van der Waals surface area (Å²) in [5.74, 6) is -0.418. The van der Waals surface area contributed by atoms with E-state index in [4.69, 9.17) is 5.26 Å². The highest BCUT2D eigenvalue weighted by atomic mass is 16.6. The van der Waals surface area contributed by atoms with Gasteiger partial charge in [-0.3, -0.25) is 4.79 Å². The molecule has 0 saturated carbocycles. The normalized spacial score (nSPS) is 8.92. The molecule has 0 aliphatic carbocycles. The van der Waals surface area contributed by atoms with Crippen LogP contribution in [0.1, 0.15) is 5.56 Å². The third-order valence-electron chi connectivity index (χ3n) is 1.21. The molecule has 0 aromatic carbocycles. The summed E-state index contributed by atoms with van der Waals surface area (Å²) in [6.45, 7) is 0. The van der Waals surface area contributed by atoms with Crippen molar-refractivity contribution in [2.45, 2.75) is 0 Å². The van der Waals surface area contributed by atoms with E-state index in [0.29, 0.717) is 0 Å². The predicted molar refractivity (Wildman–Crippen MR) is 38.4 cm³/mol. The molecule has 0 aliphatic heterocycles. The van der Waals surface area contributed by atoms with E-state index in [1.807, 2.05) is 0 Å². The highest BCUT2D eigenvalue weighted by molar-refractivity contribution is 5.30. The molecule has 0 amide bonds. The Bertz CT molecular complexity index is 415. The first-order valence-corrected chi connectivity index (χ1v) is 2.92. The number of nitriles is 1. The van der Waals surface area contributed by atoms with Gasteiger partial charge in [0.15, 0.2) is 0 Å². The van der Waals surface area contributed by atoms with E-state index >= 15 is 0 Å². The second-order valence-corrected chi connectivity index (χ2v) is 1.97. The van der Waals surface area contributed by atoms with Crippen molar-refractivity contribution >= 4 is 5.82 Å². The monoisotopic (exact) mass is 165 g/mol. The zero-order valence-corrected chi connectivity index (χ0v) is 5.77. The lowest BCUT2D eigenvalue weighted by atomic mass is 10.3. The first-order valence-electron chi connectivity index (χ1n) is 2.92. The molecule has 1 rings (SSSR count). The van der Waals surface area contributed by atoms with Gasteiger partial charge in [-0.1, -0.05) is 0 Å². The van der Waals surface area contributed by atoms with Crippen LogP contribution in [0.4, 0.5) is 5.82 Å². The summed E-state index contributed by atoms with van der Waals surface area (Å²) in [6.07, 6.45) is 1.01. The smallest absolute Gasteiger partial charge is 0.324 e. The molecular formula is C6H3N3O3. The quantitative estimate of drug-likeness (QED) is 0.472. The lowest BCUT2D eigenvalue weighted by molar-refractivity contribution is -0.389. The molecule has 6 nitrogen and oxygen atoms in total. The largest absolute Gasteiger partial charge is 0.358 e. The molecule has 0 radical (unpaired) electrons. The zero-order valence-electron chi connectivity index (χ0n) is 5.77. The first-order chi connectivity index (χ1) is 5.65. The van der Waals surface area contributed by atoms with Gasteiger partial charge in [0.1, 0.15) is 17.8 Å². The number of hydrogen-bond acceptors (Lipinski definition) is 4. The van der Waals surface area contributed by atoms with Gasteiger partial charge in [-0.05, 0) is 4.92 Å². The van der Waals surface area contributed by atoms with Crippen molar-refractivity contribution < 1.29 is 4.92 Å². The molecule has 0 saturated heterocycles. The van der Waals surface area contributed by atoms with Crippen molar-refractivity contribution in [1.29, 1.82) is 5.26 Å². The van der Waals surface area contributed by atoms with E-state index in [0.717, 1.165) is 12.3 Å². The molecule has 0 fully saturated rings. The fourth-order valence-electron chi connectivity index (χ4n) is 0.654. The maximum absolute atomic E-state index is 10.8. The summed E-state index contributed by atoms with van der Waals surface area (Å²) in [5, 5.41) is 18.4. The lowest BCUT2D eigenvalue weighted by Crippen LogP contribution is -2.06. The molecular weight excluding hydrogens is 162 g/mol. The Hall–Kier alpha value is -2.16. The molecule has 60 valence electrons. The molecule has 1 N–H and O–H groups in total. The van der Waals surface area contributed by atoms with Gasteiger partial charge in [-0.25, -0.2) is 4.98 Å². The molecule has 0 aliphatic rings. The number of rotatable bonds is 1. The Morgan fingerprint density at radius 2 is 2.33 bits per heavy atom. The molecule has 1 aromatic rings. The maximum Gasteiger partial charge on any atom is 0.324 e. The fourth-order valence-corrected chi connectivity index (χ4v) is 0.654. The van der Waals surface area contributed by atoms with Crippen LogP contribution < -0.4 is 5.43 Å². The summed E-state index contributed by atoms with van der Waals surface area (Å²) >= 11 is 0. The van der Waals surface area contributed by atoms with Crippen LogP contribution in [0.5, 0.6) is 0 Å². The minimum absolute atomic E-state index is 0.138. The summed E-state index contributed by atoms with van der Waals surface area (Å²) in [5.41, 5.74) is -0.788. The molecule has 0 bridgehead atoms. The summed E-state index contributed by atoms with van der Waals surface area (Å²) in [6, 6.07) is 2.37. The van der Waals surface area contributed by atoms with Crippen LogP contribution in [0.15, 0.2) is 17.1 Å². The standard InChI is InChI=1S/C6H3N3O3/c7-2-4-3-8-6(9(11)12)1-5(4)10/h1,3H,(H,8,10). The van der Waals surface area contributed by atoms with Crippen molar-refractivity contribution in [3.8, 4) is 6.07 Å². The molecule has 0 atom stereocenters. The van der Waals surface area contributed by atoms with Gasteiger partial charge >= 0.3 is 5.82 Å². The predicted octanol–water partition coefficient (Wildman–Crippen LogP) is 0.155. The van der Waals surface area contributed by atoms with Gasteiger partial charge in [0.2, 0.25) is 5.43 Å². The van der Waals surface area contributed by atoms with Gasteiger partial charge in [0, 0.05) is 0 Å². The van der Waals surface area contributed by atoms with E-state index in [-0.39, 0.29) is 5.56 Å². The Labute approximate surface area is 66.2 Å². The number of aromatic nitrogens is 1. The number of pyridine rings is 1. The highest BCUT2D eigenvalue weighted by Crippen LogP contribution is 2.01. The molecule has 12 heavy (non-hydrogen) atoms. The maximum atomic E-state index is 10.8. The highest BCUT2D eigenvalue weighted by Gasteiger charge is 2.06. The lowest BCUT2D eigenvalue weighted by Gasteiger charge is -1.91. The third kappa shape index (κ3) is 1.29. The van der Waals surface area contributed by atoms with Gasteiger partial charge < -0.3 is 10.1 Å². The van der Waals surface area contributed by atoms with Crippen molar-refractivity contribution in [1.82, 2.24) is 4.98 Å². The average molecular weight is 165 g/mol. The second-order valence-electron chi connectivity index (χ2n) is 1.97. The number of H-pyrrole nitrogens is 1. The van der Waals surface area contributed by atoms with Crippen molar-refractivity contribution in [2.75, 3.05) is 0 Å². The van der Waals surface area contributed by atoms with Gasteiger partial charge in [0.05, 0.1) is 6.07 Å². The van der Waals surface area contributed by atoms with Crippen LogP contribution in [-0.4, -0.2) is 9.91 Å². The van der Waals surface area contributed by atoms with Gasteiger partial charge in [-0.15, -0.1) is 0 Å². The van der Waals surface area contributed by atoms with Crippen molar-refractivity contribution in [3.63, 3.8) is 0 Å². The van der Waals surface area contributed by atoms with Gasteiger partial charge in [-0.2, -0.15) is 5.26 Å². The summed E-state index contributed by atoms with van der Waals surface area (Å²) in [4.78, 5) is 22.4. The van der Waals surface area contributed by atoms with Crippen molar-refractivity contribution in [3.05, 3.63) is 38.2 Å². The van der Waals surface area contributed by atoms with E-state index in [1.54, 1.807) is 6.07 Å². The number of nitrogens with one attached hydrogen (secondary N) is 1. The topological polar surface area (TPSA) is 99.8 Å². The Morgan fingerprint density at radius 3 is 2.75 bits per heavy atom. The SMILES string of the molecule is N#Cc1c[nH]c([N+](=O)[O-])cc1=O. The Morgan fingerprint density at radius 1 is 1.67 bits per heavy atom. The Balaban J connectivity index is 3.31. The average Bonchev–Trinajstić information content (AvgIpc) is 2.04. The van der Waals surface area contributed by atoms with Crippen LogP contribution in [-0.2, 0) is 0 Å². The van der Waals surface area contributed by atoms with Crippen LogP contribution in [0, 0.1) is 21.4 Å². The number of aromatic amines is 1.